The highest BCUT2D eigenvalue weighted by Gasteiger charge is 2.19. The van der Waals surface area contributed by atoms with Gasteiger partial charge in [0.1, 0.15) is 11.3 Å². The van der Waals surface area contributed by atoms with Gasteiger partial charge in [0.15, 0.2) is 0 Å². The molecule has 1 N–H and O–H groups in total. The van der Waals surface area contributed by atoms with E-state index in [0.29, 0.717) is 36.3 Å². The molecule has 0 unspecified atom stereocenters. The third-order valence-electron chi connectivity index (χ3n) is 4.57. The Kier molecular flexibility index (Phi) is 6.80. The number of phenols is 1. The van der Waals surface area contributed by atoms with Crippen molar-refractivity contribution >= 4 is 16.9 Å². The van der Waals surface area contributed by atoms with Gasteiger partial charge in [-0.3, -0.25) is 9.69 Å². The van der Waals surface area contributed by atoms with Crippen molar-refractivity contribution < 1.29 is 19.1 Å². The number of carbonyl (C=O) groups is 1. The van der Waals surface area contributed by atoms with Gasteiger partial charge in [-0.25, -0.2) is 4.79 Å². The first-order chi connectivity index (χ1) is 12.4. The molecule has 0 fully saturated rings. The van der Waals surface area contributed by atoms with Crippen LogP contribution in [0.5, 0.6) is 5.75 Å². The van der Waals surface area contributed by atoms with E-state index in [1.807, 2.05) is 20.8 Å². The Morgan fingerprint density at radius 1 is 1.23 bits per heavy atom. The summed E-state index contributed by atoms with van der Waals surface area (Å²) < 4.78 is 10.4. The largest absolute Gasteiger partial charge is 0.507 e. The quantitative estimate of drug-likeness (QED) is 0.575. The molecule has 0 saturated carbocycles. The Morgan fingerprint density at radius 3 is 2.54 bits per heavy atom. The number of hydrogen-bond donors (Lipinski definition) is 1. The summed E-state index contributed by atoms with van der Waals surface area (Å²) in [6.07, 6.45) is 0.553. The van der Waals surface area contributed by atoms with Crippen LogP contribution in [0.3, 0.4) is 0 Å². The summed E-state index contributed by atoms with van der Waals surface area (Å²) >= 11 is 0. The molecule has 0 amide bonds. The van der Waals surface area contributed by atoms with Crippen molar-refractivity contribution in [3.05, 3.63) is 39.2 Å². The first-order valence-electron chi connectivity index (χ1n) is 9.07. The van der Waals surface area contributed by atoms with Crippen molar-refractivity contribution in [2.45, 2.75) is 47.1 Å². The highest BCUT2D eigenvalue weighted by molar-refractivity contribution is 5.86. The van der Waals surface area contributed by atoms with Crippen molar-refractivity contribution in [3.63, 3.8) is 0 Å². The number of aryl methyl sites for hydroxylation is 2. The standard InChI is InChI=1S/C20H27NO5/c1-5-21(6-2)12-16-19(24)14(8-9-17(22)25-7-3)11-15-13(4)10-18(23)26-20(15)16/h10-11,24H,5-9,12H2,1-4H3. The fourth-order valence-electron chi connectivity index (χ4n) is 3.04. The van der Waals surface area contributed by atoms with Gasteiger partial charge in [-0.15, -0.1) is 0 Å². The van der Waals surface area contributed by atoms with Crippen LogP contribution in [0.2, 0.25) is 0 Å². The highest BCUT2D eigenvalue weighted by Crippen LogP contribution is 2.34. The summed E-state index contributed by atoms with van der Waals surface area (Å²) in [5.74, 6) is -0.212. The third-order valence-corrected chi connectivity index (χ3v) is 4.57. The molecule has 6 nitrogen and oxygen atoms in total. The predicted molar refractivity (Wildman–Crippen MR) is 100 cm³/mol. The van der Waals surface area contributed by atoms with E-state index in [1.54, 1.807) is 13.0 Å². The molecule has 0 saturated heterocycles. The van der Waals surface area contributed by atoms with E-state index in [0.717, 1.165) is 24.0 Å². The fraction of sp³-hybridized carbons (Fsp3) is 0.500. The number of rotatable bonds is 8. The number of esters is 1. The average Bonchev–Trinajstić information content (AvgIpc) is 2.60. The molecule has 2 rings (SSSR count). The molecule has 0 spiro atoms. The van der Waals surface area contributed by atoms with Crippen LogP contribution in [-0.2, 0) is 22.5 Å². The lowest BCUT2D eigenvalue weighted by molar-refractivity contribution is -0.143. The lowest BCUT2D eigenvalue weighted by Crippen LogP contribution is -2.22. The Labute approximate surface area is 153 Å². The third kappa shape index (κ3) is 4.43. The van der Waals surface area contributed by atoms with Gasteiger partial charge < -0.3 is 14.3 Å². The van der Waals surface area contributed by atoms with Gasteiger partial charge in [0.25, 0.3) is 0 Å². The van der Waals surface area contributed by atoms with E-state index in [1.165, 1.54) is 6.07 Å². The molecule has 1 aromatic heterocycles. The first kappa shape index (κ1) is 20.0. The molecule has 0 atom stereocenters. The second-order valence-electron chi connectivity index (χ2n) is 6.25. The van der Waals surface area contributed by atoms with Crippen LogP contribution in [0.4, 0.5) is 0 Å². The van der Waals surface area contributed by atoms with Crippen LogP contribution >= 0.6 is 0 Å². The molecule has 0 aliphatic carbocycles. The van der Waals surface area contributed by atoms with E-state index in [2.05, 4.69) is 4.90 Å². The lowest BCUT2D eigenvalue weighted by atomic mass is 9.98. The second-order valence-corrected chi connectivity index (χ2v) is 6.25. The predicted octanol–water partition coefficient (Wildman–Crippen LogP) is 3.14. The summed E-state index contributed by atoms with van der Waals surface area (Å²) in [7, 11) is 0. The summed E-state index contributed by atoms with van der Waals surface area (Å²) in [5.41, 5.74) is 2.01. The number of carbonyl (C=O) groups excluding carboxylic acids is 1. The minimum Gasteiger partial charge on any atom is -0.507 e. The Balaban J connectivity index is 2.54. The molecule has 0 bridgehead atoms. The Hall–Kier alpha value is -2.34. The molecule has 6 heteroatoms. The topological polar surface area (TPSA) is 80.0 Å². The van der Waals surface area contributed by atoms with E-state index >= 15 is 0 Å². The second kappa shape index (κ2) is 8.85. The van der Waals surface area contributed by atoms with Crippen molar-refractivity contribution in [2.75, 3.05) is 19.7 Å². The monoisotopic (exact) mass is 361 g/mol. The normalized spacial score (nSPS) is 11.3. The van der Waals surface area contributed by atoms with Gasteiger partial charge in [0.05, 0.1) is 12.2 Å². The summed E-state index contributed by atoms with van der Waals surface area (Å²) in [5, 5.41) is 11.6. The smallest absolute Gasteiger partial charge is 0.336 e. The fourth-order valence-corrected chi connectivity index (χ4v) is 3.04. The molecule has 2 aromatic rings. The number of hydrogen-bond acceptors (Lipinski definition) is 6. The minimum atomic E-state index is -0.436. The highest BCUT2D eigenvalue weighted by atomic mass is 16.5. The molecule has 1 heterocycles. The van der Waals surface area contributed by atoms with Gasteiger partial charge >= 0.3 is 11.6 Å². The zero-order valence-corrected chi connectivity index (χ0v) is 15.9. The number of ether oxygens (including phenoxy) is 1. The Morgan fingerprint density at radius 2 is 1.92 bits per heavy atom. The summed E-state index contributed by atoms with van der Waals surface area (Å²) in [6, 6.07) is 3.24. The SMILES string of the molecule is CCOC(=O)CCc1cc2c(C)cc(=O)oc2c(CN(CC)CC)c1O. The van der Waals surface area contributed by atoms with Gasteiger partial charge in [-0.2, -0.15) is 0 Å². The van der Waals surface area contributed by atoms with Crippen LogP contribution in [0, 0.1) is 6.92 Å². The van der Waals surface area contributed by atoms with Gasteiger partial charge in [-0.05, 0) is 50.6 Å². The van der Waals surface area contributed by atoms with Crippen LogP contribution in [0.25, 0.3) is 11.0 Å². The molecule has 26 heavy (non-hydrogen) atoms. The van der Waals surface area contributed by atoms with E-state index in [-0.39, 0.29) is 18.1 Å². The number of aromatic hydroxyl groups is 1. The van der Waals surface area contributed by atoms with E-state index < -0.39 is 5.63 Å². The maximum atomic E-state index is 11.8. The zero-order valence-electron chi connectivity index (χ0n) is 15.9. The van der Waals surface area contributed by atoms with Gasteiger partial charge in [0, 0.05) is 24.4 Å². The molecule has 142 valence electrons. The molecular weight excluding hydrogens is 334 g/mol. The van der Waals surface area contributed by atoms with Gasteiger partial charge in [-0.1, -0.05) is 13.8 Å². The lowest BCUT2D eigenvalue weighted by Gasteiger charge is -2.21. The molecule has 0 aliphatic rings. The number of nitrogens with zero attached hydrogens (tertiary/aromatic N) is 1. The molecule has 0 aliphatic heterocycles. The molecule has 1 aromatic carbocycles. The van der Waals surface area contributed by atoms with Crippen LogP contribution in [-0.4, -0.2) is 35.7 Å². The van der Waals surface area contributed by atoms with Crippen LogP contribution < -0.4 is 5.63 Å². The van der Waals surface area contributed by atoms with Gasteiger partial charge in [0.2, 0.25) is 0 Å². The van der Waals surface area contributed by atoms with Crippen LogP contribution in [0.15, 0.2) is 21.3 Å². The van der Waals surface area contributed by atoms with Crippen molar-refractivity contribution in [2.24, 2.45) is 0 Å². The minimum absolute atomic E-state index is 0.0856. The number of benzene rings is 1. The summed E-state index contributed by atoms with van der Waals surface area (Å²) in [6.45, 7) is 10.1. The maximum Gasteiger partial charge on any atom is 0.336 e. The van der Waals surface area contributed by atoms with E-state index in [9.17, 15) is 14.7 Å². The summed E-state index contributed by atoms with van der Waals surface area (Å²) in [4.78, 5) is 25.7. The number of phenolic OH excluding ortho intramolecular Hbond substituents is 1. The maximum absolute atomic E-state index is 11.8. The van der Waals surface area contributed by atoms with E-state index in [4.69, 9.17) is 9.15 Å². The average molecular weight is 361 g/mol. The van der Waals surface area contributed by atoms with Crippen LogP contribution in [0.1, 0.15) is 43.9 Å². The molecular formula is C20H27NO5. The molecule has 0 radical (unpaired) electrons. The van der Waals surface area contributed by atoms with Crippen molar-refractivity contribution in [1.29, 1.82) is 0 Å². The zero-order chi connectivity index (χ0) is 19.3. The number of fused-ring (bicyclic) bond motifs is 1. The first-order valence-corrected chi connectivity index (χ1v) is 9.07. The van der Waals surface area contributed by atoms with Crippen molar-refractivity contribution in [1.82, 2.24) is 4.90 Å². The van der Waals surface area contributed by atoms with Crippen molar-refractivity contribution in [3.8, 4) is 5.75 Å². The Bertz CT molecular complexity index is 836.